The summed E-state index contributed by atoms with van der Waals surface area (Å²) in [6.45, 7) is 9.22. The molecule has 2 fully saturated rings. The van der Waals surface area contributed by atoms with Crippen LogP contribution in [0.5, 0.6) is 0 Å². The Morgan fingerprint density at radius 2 is 1.75 bits per heavy atom. The number of aliphatic carboxylic acids is 1. The lowest BCUT2D eigenvalue weighted by molar-refractivity contribution is -0.192. The summed E-state index contributed by atoms with van der Waals surface area (Å²) in [4.78, 5) is 25.9. The van der Waals surface area contributed by atoms with Gasteiger partial charge in [0.1, 0.15) is 6.10 Å². The van der Waals surface area contributed by atoms with E-state index in [1.165, 1.54) is 0 Å². The minimum absolute atomic E-state index is 0.0195. The van der Waals surface area contributed by atoms with E-state index in [9.17, 15) is 18.0 Å². The average molecular weight is 479 g/mol. The highest BCUT2D eigenvalue weighted by atomic mass is 35.5. The molecule has 2 heterocycles. The number of ether oxygens (including phenoxy) is 1. The highest BCUT2D eigenvalue weighted by Crippen LogP contribution is 2.41. The zero-order valence-corrected chi connectivity index (χ0v) is 19.1. The van der Waals surface area contributed by atoms with Gasteiger partial charge in [0.2, 0.25) is 0 Å². The summed E-state index contributed by atoms with van der Waals surface area (Å²) in [5.74, 6) is -2.74. The number of cyclic esters (lactones) is 1. The number of rotatable bonds is 6. The minimum atomic E-state index is -5.08. The van der Waals surface area contributed by atoms with Crippen LogP contribution in [0.3, 0.4) is 0 Å². The van der Waals surface area contributed by atoms with Crippen molar-refractivity contribution in [1.82, 2.24) is 4.90 Å². The topological polar surface area (TPSA) is 70.1 Å². The van der Waals surface area contributed by atoms with Gasteiger partial charge in [-0.2, -0.15) is 13.2 Å². The third kappa shape index (κ3) is 6.75. The zero-order chi connectivity index (χ0) is 23.9. The van der Waals surface area contributed by atoms with Gasteiger partial charge in [0.25, 0.3) is 0 Å². The molecule has 0 spiro atoms. The smallest absolute Gasteiger partial charge is 0.475 e. The molecule has 2 aliphatic heterocycles. The molecule has 6 nitrogen and oxygen atoms in total. The van der Waals surface area contributed by atoms with Crippen LogP contribution in [-0.2, 0) is 14.3 Å². The lowest BCUT2D eigenvalue weighted by atomic mass is 9.79. The van der Waals surface area contributed by atoms with Crippen LogP contribution in [0.15, 0.2) is 24.3 Å². The molecule has 0 aromatic heterocycles. The van der Waals surface area contributed by atoms with E-state index >= 15 is 0 Å². The van der Waals surface area contributed by atoms with Crippen molar-refractivity contribution >= 4 is 29.2 Å². The molecule has 1 N–H and O–H groups in total. The predicted molar refractivity (Wildman–Crippen MR) is 116 cm³/mol. The highest BCUT2D eigenvalue weighted by Gasteiger charge is 2.46. The number of para-hydroxylation sites is 1. The molecule has 1 aromatic carbocycles. The Morgan fingerprint density at radius 3 is 2.22 bits per heavy atom. The van der Waals surface area contributed by atoms with Crippen molar-refractivity contribution in [1.29, 1.82) is 0 Å². The van der Waals surface area contributed by atoms with Crippen molar-refractivity contribution in [2.24, 2.45) is 5.41 Å². The van der Waals surface area contributed by atoms with Crippen LogP contribution >= 0.6 is 11.6 Å². The van der Waals surface area contributed by atoms with E-state index in [0.29, 0.717) is 0 Å². The fraction of sp³-hybridized carbons (Fsp3) is 0.636. The van der Waals surface area contributed by atoms with Crippen molar-refractivity contribution in [2.75, 3.05) is 37.6 Å². The van der Waals surface area contributed by atoms with Crippen LogP contribution < -0.4 is 4.90 Å². The van der Waals surface area contributed by atoms with Gasteiger partial charge in [-0.15, -0.1) is 0 Å². The first-order valence-electron chi connectivity index (χ1n) is 10.8. The normalized spacial score (nSPS) is 21.0. The number of piperazine rings is 1. The van der Waals surface area contributed by atoms with Gasteiger partial charge in [0, 0.05) is 39.1 Å². The largest absolute Gasteiger partial charge is 0.490 e. The third-order valence-electron chi connectivity index (χ3n) is 6.25. The number of hydrogen-bond acceptors (Lipinski definition) is 5. The molecule has 1 unspecified atom stereocenters. The lowest BCUT2D eigenvalue weighted by Gasteiger charge is -2.36. The summed E-state index contributed by atoms with van der Waals surface area (Å²) in [6, 6.07) is 8.05. The van der Waals surface area contributed by atoms with Crippen molar-refractivity contribution in [3.05, 3.63) is 29.3 Å². The molecule has 32 heavy (non-hydrogen) atoms. The average Bonchev–Trinajstić information content (AvgIpc) is 3.08. The van der Waals surface area contributed by atoms with Gasteiger partial charge in [0.05, 0.1) is 16.1 Å². The maximum absolute atomic E-state index is 12.2. The van der Waals surface area contributed by atoms with E-state index in [4.69, 9.17) is 26.2 Å². The third-order valence-corrected chi connectivity index (χ3v) is 6.57. The second-order valence-electron chi connectivity index (χ2n) is 8.09. The van der Waals surface area contributed by atoms with Crippen molar-refractivity contribution in [3.63, 3.8) is 0 Å². The summed E-state index contributed by atoms with van der Waals surface area (Å²) in [6.07, 6.45) is -1.39. The fourth-order valence-electron chi connectivity index (χ4n) is 4.07. The van der Waals surface area contributed by atoms with Gasteiger partial charge in [-0.3, -0.25) is 9.69 Å². The number of anilines is 1. The quantitative estimate of drug-likeness (QED) is 0.602. The Balaban J connectivity index is 0.000000451. The van der Waals surface area contributed by atoms with Gasteiger partial charge in [-0.1, -0.05) is 37.6 Å². The molecule has 0 amide bonds. The molecular weight excluding hydrogens is 449 g/mol. The highest BCUT2D eigenvalue weighted by molar-refractivity contribution is 6.33. The first-order valence-corrected chi connectivity index (χ1v) is 11.1. The second kappa shape index (κ2) is 11.2. The lowest BCUT2D eigenvalue weighted by Crippen LogP contribution is -2.47. The van der Waals surface area contributed by atoms with Gasteiger partial charge >= 0.3 is 18.1 Å². The van der Waals surface area contributed by atoms with Crippen LogP contribution in [0, 0.1) is 5.41 Å². The van der Waals surface area contributed by atoms with Crippen LogP contribution in [0.2, 0.25) is 5.02 Å². The van der Waals surface area contributed by atoms with Gasteiger partial charge in [0.15, 0.2) is 0 Å². The first-order chi connectivity index (χ1) is 15.0. The van der Waals surface area contributed by atoms with E-state index in [2.05, 4.69) is 29.7 Å². The van der Waals surface area contributed by atoms with Crippen molar-refractivity contribution < 1.29 is 32.6 Å². The number of carbonyl (C=O) groups is 2. The molecule has 1 atom stereocenters. The Morgan fingerprint density at radius 1 is 1.19 bits per heavy atom. The summed E-state index contributed by atoms with van der Waals surface area (Å²) in [5, 5.41) is 7.95. The Labute approximate surface area is 191 Å². The van der Waals surface area contributed by atoms with Gasteiger partial charge < -0.3 is 14.7 Å². The van der Waals surface area contributed by atoms with Gasteiger partial charge in [-0.05, 0) is 31.4 Å². The summed E-state index contributed by atoms with van der Waals surface area (Å²) >= 11 is 6.31. The molecule has 3 rings (SSSR count). The number of carbonyl (C=O) groups excluding carboxylic acids is 1. The molecule has 180 valence electrons. The number of carboxylic acids is 1. The number of alkyl halides is 3. The molecule has 1 aromatic rings. The number of nitrogens with zero attached hydrogens (tertiary/aromatic N) is 2. The number of halogens is 4. The van der Waals surface area contributed by atoms with Crippen molar-refractivity contribution in [2.45, 2.75) is 51.8 Å². The Hall–Kier alpha value is -2.00. The zero-order valence-electron chi connectivity index (χ0n) is 18.3. The second-order valence-corrected chi connectivity index (χ2v) is 8.50. The maximum Gasteiger partial charge on any atom is 0.490 e. The number of benzene rings is 1. The van der Waals surface area contributed by atoms with E-state index < -0.39 is 12.1 Å². The summed E-state index contributed by atoms with van der Waals surface area (Å²) < 4.78 is 37.4. The minimum Gasteiger partial charge on any atom is -0.475 e. The molecule has 0 aliphatic carbocycles. The van der Waals surface area contributed by atoms with Crippen LogP contribution in [0.25, 0.3) is 0 Å². The van der Waals surface area contributed by atoms with E-state index in [0.717, 1.165) is 69.1 Å². The fourth-order valence-corrected chi connectivity index (χ4v) is 4.33. The molecular formula is C22H30ClF3N2O4. The summed E-state index contributed by atoms with van der Waals surface area (Å²) in [5.41, 5.74) is 0.900. The molecule has 0 radical (unpaired) electrons. The van der Waals surface area contributed by atoms with E-state index in [-0.39, 0.29) is 17.5 Å². The number of esters is 1. The van der Waals surface area contributed by atoms with Crippen LogP contribution in [0.4, 0.5) is 18.9 Å². The molecule has 10 heteroatoms. The number of carboxylic acid groups (broad SMARTS) is 1. The van der Waals surface area contributed by atoms with Crippen molar-refractivity contribution in [3.8, 4) is 0 Å². The molecule has 0 bridgehead atoms. The maximum atomic E-state index is 12.2. The van der Waals surface area contributed by atoms with E-state index in [1.807, 2.05) is 18.2 Å². The first kappa shape index (κ1) is 26.3. The summed E-state index contributed by atoms with van der Waals surface area (Å²) in [7, 11) is 0. The monoisotopic (exact) mass is 478 g/mol. The standard InChI is InChI=1S/C20H29ClN2O2.C2HF3O2/c1-3-20(4-2)15-16(25-19(20)24)9-10-22-11-13-23(14-12-22)18-8-6-5-7-17(18)21;3-2(4,5)1(6)7/h5-8,16H,3-4,9-15H2,1-2H3;(H,6,7). The Bertz CT molecular complexity index is 779. The number of hydrogen-bond donors (Lipinski definition) is 1. The van der Waals surface area contributed by atoms with Crippen LogP contribution in [-0.4, -0.2) is 66.9 Å². The predicted octanol–water partition coefficient (Wildman–Crippen LogP) is 4.61. The van der Waals surface area contributed by atoms with Crippen LogP contribution in [0.1, 0.15) is 39.5 Å². The molecule has 0 saturated carbocycles. The van der Waals surface area contributed by atoms with Gasteiger partial charge in [-0.25, -0.2) is 4.79 Å². The molecule has 2 aliphatic rings. The van der Waals surface area contributed by atoms with E-state index in [1.54, 1.807) is 0 Å². The Kier molecular flexibility index (Phi) is 9.21. The SMILES string of the molecule is CCC1(CC)CC(CCN2CCN(c3ccccc3Cl)CC2)OC1=O.O=C(O)C(F)(F)F. The molecule has 2 saturated heterocycles.